The van der Waals surface area contributed by atoms with Crippen molar-refractivity contribution in [2.24, 2.45) is 0 Å². The number of carbonyl (C=O) groups is 2. The first-order chi connectivity index (χ1) is 17.2. The molecule has 36 heavy (non-hydrogen) atoms. The Morgan fingerprint density at radius 1 is 1.06 bits per heavy atom. The van der Waals surface area contributed by atoms with Crippen molar-refractivity contribution >= 4 is 23.6 Å². The summed E-state index contributed by atoms with van der Waals surface area (Å²) >= 11 is 6.25. The quantitative estimate of drug-likeness (QED) is 0.359. The lowest BCUT2D eigenvalue weighted by Gasteiger charge is -2.34. The first kappa shape index (κ1) is 29.5. The van der Waals surface area contributed by atoms with Crippen molar-refractivity contribution in [2.75, 3.05) is 46.9 Å². The van der Waals surface area contributed by atoms with Gasteiger partial charge in [-0.2, -0.15) is 0 Å². The van der Waals surface area contributed by atoms with E-state index in [-0.39, 0.29) is 25.2 Å². The average molecular weight is 524 g/mol. The maximum Gasteiger partial charge on any atom is 0.407 e. The molecule has 10 heteroatoms. The van der Waals surface area contributed by atoms with Crippen molar-refractivity contribution in [1.29, 1.82) is 0 Å². The summed E-state index contributed by atoms with van der Waals surface area (Å²) in [5.41, 5.74) is 1.14. The predicted molar refractivity (Wildman–Crippen MR) is 136 cm³/mol. The molecule has 2 aromatic rings. The smallest absolute Gasteiger partial charge is 0.407 e. The fourth-order valence-electron chi connectivity index (χ4n) is 4.10. The van der Waals surface area contributed by atoms with E-state index in [0.29, 0.717) is 22.6 Å². The van der Waals surface area contributed by atoms with E-state index < -0.39 is 23.6 Å². The second-order valence-corrected chi connectivity index (χ2v) is 8.60. The van der Waals surface area contributed by atoms with E-state index in [0.717, 1.165) is 24.5 Å². The molecule has 0 unspecified atom stereocenters. The number of nitrogens with one attached hydrogen (secondary N) is 1. The van der Waals surface area contributed by atoms with Crippen molar-refractivity contribution in [3.05, 3.63) is 70.0 Å². The third-order valence-corrected chi connectivity index (χ3v) is 6.34. The molecule has 0 aliphatic rings. The number of halogens is 2. The Morgan fingerprint density at radius 2 is 1.72 bits per heavy atom. The molecule has 0 spiro atoms. The van der Waals surface area contributed by atoms with Crippen molar-refractivity contribution in [3.8, 4) is 0 Å². The second-order valence-electron chi connectivity index (χ2n) is 8.17. The standard InChI is InChI=1S/C26H35ClFN3O5/c1-5-30(6-2)14-9-15-31(25(33)34)18-24(32)29-17-19-12-13-20(27)16-22(19)26(35-3,36-4)21-10-7-8-11-23(21)28/h7-8,10-13,16H,5-6,9,14-15,17-18H2,1-4H3,(H,29,32)(H,33,34). The molecule has 0 saturated carbocycles. The van der Waals surface area contributed by atoms with Crippen LogP contribution in [0, 0.1) is 5.82 Å². The lowest BCUT2D eigenvalue weighted by atomic mass is 9.92. The summed E-state index contributed by atoms with van der Waals surface area (Å²) < 4.78 is 26.2. The molecule has 8 nitrogen and oxygen atoms in total. The molecule has 0 fully saturated rings. The highest BCUT2D eigenvalue weighted by Gasteiger charge is 2.39. The molecule has 0 aliphatic carbocycles. The zero-order valence-corrected chi connectivity index (χ0v) is 22.0. The van der Waals surface area contributed by atoms with Gasteiger partial charge in [-0.1, -0.05) is 49.7 Å². The van der Waals surface area contributed by atoms with E-state index in [1.165, 1.54) is 20.3 Å². The van der Waals surface area contributed by atoms with E-state index in [9.17, 15) is 19.1 Å². The van der Waals surface area contributed by atoms with E-state index in [2.05, 4.69) is 10.2 Å². The van der Waals surface area contributed by atoms with Crippen LogP contribution in [0.25, 0.3) is 0 Å². The Bertz CT molecular complexity index is 1010. The van der Waals surface area contributed by atoms with Crippen LogP contribution in [0.3, 0.4) is 0 Å². The number of nitrogens with zero attached hydrogens (tertiary/aromatic N) is 2. The topological polar surface area (TPSA) is 91.3 Å². The van der Waals surface area contributed by atoms with Crippen molar-refractivity contribution < 1.29 is 28.6 Å². The summed E-state index contributed by atoms with van der Waals surface area (Å²) in [4.78, 5) is 27.6. The third kappa shape index (κ3) is 7.39. The van der Waals surface area contributed by atoms with E-state index >= 15 is 0 Å². The Hall–Kier alpha value is -2.72. The van der Waals surface area contributed by atoms with Crippen LogP contribution in [0.4, 0.5) is 9.18 Å². The maximum absolute atomic E-state index is 14.8. The van der Waals surface area contributed by atoms with Gasteiger partial charge in [0.05, 0.1) is 5.56 Å². The first-order valence-corrected chi connectivity index (χ1v) is 12.2. The highest BCUT2D eigenvalue weighted by atomic mass is 35.5. The van der Waals surface area contributed by atoms with Crippen LogP contribution in [0.15, 0.2) is 42.5 Å². The van der Waals surface area contributed by atoms with Crippen LogP contribution in [-0.2, 0) is 26.6 Å². The normalized spacial score (nSPS) is 11.5. The number of carboxylic acid groups (broad SMARTS) is 1. The van der Waals surface area contributed by atoms with Crippen LogP contribution >= 0.6 is 11.6 Å². The summed E-state index contributed by atoms with van der Waals surface area (Å²) in [6.45, 7) is 6.57. The number of benzene rings is 2. The molecular formula is C26H35ClFN3O5. The van der Waals surface area contributed by atoms with Gasteiger partial charge in [-0.3, -0.25) is 9.69 Å². The van der Waals surface area contributed by atoms with Crippen LogP contribution in [0.1, 0.15) is 37.0 Å². The molecule has 0 aromatic heterocycles. The molecule has 2 N–H and O–H groups in total. The SMILES string of the molecule is CCN(CC)CCCN(CC(=O)NCc1ccc(Cl)cc1C(OC)(OC)c1ccccc1F)C(=O)O. The molecule has 0 radical (unpaired) electrons. The van der Waals surface area contributed by atoms with Crippen LogP contribution in [-0.4, -0.2) is 73.9 Å². The van der Waals surface area contributed by atoms with Gasteiger partial charge in [-0.25, -0.2) is 9.18 Å². The summed E-state index contributed by atoms with van der Waals surface area (Å²) in [7, 11) is 2.78. The molecule has 2 rings (SSSR count). The Morgan fingerprint density at radius 3 is 2.31 bits per heavy atom. The summed E-state index contributed by atoms with van der Waals surface area (Å²) in [5.74, 6) is -2.61. The van der Waals surface area contributed by atoms with Gasteiger partial charge in [0.15, 0.2) is 0 Å². The summed E-state index contributed by atoms with van der Waals surface area (Å²) in [6.07, 6.45) is -0.538. The van der Waals surface area contributed by atoms with Crippen LogP contribution in [0.2, 0.25) is 5.02 Å². The zero-order valence-electron chi connectivity index (χ0n) is 21.2. The minimum Gasteiger partial charge on any atom is -0.465 e. The highest BCUT2D eigenvalue weighted by Crippen LogP contribution is 2.38. The van der Waals surface area contributed by atoms with E-state index in [1.807, 2.05) is 13.8 Å². The van der Waals surface area contributed by atoms with Crippen LogP contribution in [0.5, 0.6) is 0 Å². The second kappa shape index (κ2) is 14.1. The van der Waals surface area contributed by atoms with E-state index in [1.54, 1.807) is 36.4 Å². The molecule has 198 valence electrons. The van der Waals surface area contributed by atoms with Crippen LogP contribution < -0.4 is 5.32 Å². The third-order valence-electron chi connectivity index (χ3n) is 6.11. The fourth-order valence-corrected chi connectivity index (χ4v) is 4.27. The molecule has 0 saturated heterocycles. The minimum atomic E-state index is -1.62. The number of rotatable bonds is 14. The van der Waals surface area contributed by atoms with Gasteiger partial charge in [0.2, 0.25) is 11.7 Å². The zero-order chi connectivity index (χ0) is 26.7. The van der Waals surface area contributed by atoms with Gasteiger partial charge >= 0.3 is 6.09 Å². The minimum absolute atomic E-state index is 0.0289. The summed E-state index contributed by atoms with van der Waals surface area (Å²) in [5, 5.41) is 12.7. The number of hydrogen-bond donors (Lipinski definition) is 2. The van der Waals surface area contributed by atoms with E-state index in [4.69, 9.17) is 21.1 Å². The molecule has 0 heterocycles. The Kier molecular flexibility index (Phi) is 11.6. The first-order valence-electron chi connectivity index (χ1n) is 11.8. The van der Waals surface area contributed by atoms with Crippen molar-refractivity contribution in [2.45, 2.75) is 32.6 Å². The largest absolute Gasteiger partial charge is 0.465 e. The lowest BCUT2D eigenvalue weighted by Crippen LogP contribution is -2.41. The fraction of sp³-hybridized carbons (Fsp3) is 0.462. The lowest BCUT2D eigenvalue weighted by molar-refractivity contribution is -0.186. The Labute approximate surface area is 216 Å². The van der Waals surface area contributed by atoms with Gasteiger partial charge in [0.1, 0.15) is 12.4 Å². The summed E-state index contributed by atoms with van der Waals surface area (Å²) in [6, 6.07) is 11.0. The predicted octanol–water partition coefficient (Wildman–Crippen LogP) is 4.30. The molecule has 2 aromatic carbocycles. The van der Waals surface area contributed by atoms with Crippen molar-refractivity contribution in [3.63, 3.8) is 0 Å². The average Bonchev–Trinajstić information content (AvgIpc) is 2.87. The monoisotopic (exact) mass is 523 g/mol. The highest BCUT2D eigenvalue weighted by molar-refractivity contribution is 6.30. The number of carbonyl (C=O) groups excluding carboxylic acids is 1. The number of hydrogen-bond acceptors (Lipinski definition) is 5. The van der Waals surface area contributed by atoms with Gasteiger partial charge in [0, 0.05) is 37.9 Å². The van der Waals surface area contributed by atoms with Gasteiger partial charge in [-0.15, -0.1) is 0 Å². The molecular weight excluding hydrogens is 489 g/mol. The Balaban J connectivity index is 2.20. The molecule has 0 aliphatic heterocycles. The van der Waals surface area contributed by atoms with Gasteiger partial charge in [-0.05, 0) is 49.8 Å². The van der Waals surface area contributed by atoms with Gasteiger partial charge < -0.3 is 24.8 Å². The number of methoxy groups -OCH3 is 2. The molecule has 0 bridgehead atoms. The maximum atomic E-state index is 14.8. The van der Waals surface area contributed by atoms with Crippen molar-refractivity contribution in [1.82, 2.24) is 15.1 Å². The molecule has 0 atom stereocenters. The molecule has 2 amide bonds. The number of amides is 2. The number of ether oxygens (including phenoxy) is 2. The van der Waals surface area contributed by atoms with Gasteiger partial charge in [0.25, 0.3) is 0 Å².